The number of hydrogen-bond acceptors (Lipinski definition) is 7. The number of halogens is 1. The van der Waals surface area contributed by atoms with Gasteiger partial charge in [-0.1, -0.05) is 16.1 Å². The zero-order valence-electron chi connectivity index (χ0n) is 12.1. The second kappa shape index (κ2) is 7.10. The van der Waals surface area contributed by atoms with Gasteiger partial charge in [-0.25, -0.2) is 0 Å². The zero-order valence-corrected chi connectivity index (χ0v) is 13.7. The Labute approximate surface area is 141 Å². The monoisotopic (exact) mass is 355 g/mol. The molecule has 0 bridgehead atoms. The van der Waals surface area contributed by atoms with E-state index in [1.165, 1.54) is 6.26 Å². The van der Waals surface area contributed by atoms with Crippen molar-refractivity contribution in [3.63, 3.8) is 0 Å². The van der Waals surface area contributed by atoms with Crippen LogP contribution in [0.25, 0.3) is 0 Å². The zero-order chi connectivity index (χ0) is 16.2. The molecule has 0 radical (unpaired) electrons. The predicted molar refractivity (Wildman–Crippen MR) is 82.1 cm³/mol. The fourth-order valence-corrected chi connectivity index (χ4v) is 3.02. The summed E-state index contributed by atoms with van der Waals surface area (Å²) in [6, 6.07) is 3.31. The van der Waals surface area contributed by atoms with E-state index in [1.54, 1.807) is 17.0 Å². The van der Waals surface area contributed by atoms with E-state index >= 15 is 0 Å². The first-order chi connectivity index (χ1) is 11.1. The van der Waals surface area contributed by atoms with Crippen LogP contribution in [0.2, 0.25) is 4.34 Å². The van der Waals surface area contributed by atoms with Gasteiger partial charge in [0.15, 0.2) is 5.76 Å². The number of furan rings is 1. The van der Waals surface area contributed by atoms with Crippen molar-refractivity contribution in [2.24, 2.45) is 5.92 Å². The van der Waals surface area contributed by atoms with E-state index in [-0.39, 0.29) is 24.4 Å². The number of piperidine rings is 1. The Morgan fingerprint density at radius 3 is 2.83 bits per heavy atom. The van der Waals surface area contributed by atoms with Crippen molar-refractivity contribution in [3.8, 4) is 0 Å². The summed E-state index contributed by atoms with van der Waals surface area (Å²) < 4.78 is 14.4. The van der Waals surface area contributed by atoms with E-state index in [9.17, 15) is 9.59 Å². The fourth-order valence-electron chi connectivity index (χ4n) is 2.41. The minimum Gasteiger partial charge on any atom is -0.459 e. The molecule has 3 heterocycles. The van der Waals surface area contributed by atoms with Gasteiger partial charge in [-0.15, -0.1) is 5.10 Å². The summed E-state index contributed by atoms with van der Waals surface area (Å²) in [5.41, 5.74) is 0.468. The number of rotatable bonds is 4. The van der Waals surface area contributed by atoms with E-state index in [4.69, 9.17) is 20.8 Å². The van der Waals surface area contributed by atoms with Crippen LogP contribution in [0.5, 0.6) is 0 Å². The Bertz CT molecular complexity index is 680. The lowest BCUT2D eigenvalue weighted by Crippen LogP contribution is -2.40. The number of hydrogen-bond donors (Lipinski definition) is 0. The topological polar surface area (TPSA) is 85.5 Å². The minimum absolute atomic E-state index is 0.0275. The Balaban J connectivity index is 1.47. The number of amides is 1. The van der Waals surface area contributed by atoms with Crippen LogP contribution in [-0.2, 0) is 16.1 Å². The van der Waals surface area contributed by atoms with Gasteiger partial charge in [-0.2, -0.15) is 0 Å². The molecule has 0 spiro atoms. The van der Waals surface area contributed by atoms with Crippen molar-refractivity contribution < 1.29 is 18.7 Å². The number of esters is 1. The second-order valence-corrected chi connectivity index (χ2v) is 6.50. The molecular weight excluding hydrogens is 342 g/mol. The normalized spacial score (nSPS) is 15.6. The maximum absolute atomic E-state index is 12.1. The van der Waals surface area contributed by atoms with Gasteiger partial charge in [-0.05, 0) is 25.0 Å². The van der Waals surface area contributed by atoms with E-state index in [0.717, 1.165) is 11.5 Å². The van der Waals surface area contributed by atoms with Crippen LogP contribution in [0, 0.1) is 5.92 Å². The van der Waals surface area contributed by atoms with E-state index in [1.807, 2.05) is 0 Å². The van der Waals surface area contributed by atoms with E-state index in [0.29, 0.717) is 41.7 Å². The molecule has 0 aliphatic carbocycles. The maximum atomic E-state index is 12.1. The number of nitrogens with zero attached hydrogens (tertiary/aromatic N) is 3. The summed E-state index contributed by atoms with van der Waals surface area (Å²) in [5.74, 6) is -0.348. The molecule has 7 nitrogen and oxygen atoms in total. The van der Waals surface area contributed by atoms with Crippen LogP contribution in [0.3, 0.4) is 0 Å². The number of ether oxygens (including phenoxy) is 1. The fraction of sp³-hybridized carbons (Fsp3) is 0.429. The first-order valence-corrected chi connectivity index (χ1v) is 8.26. The molecule has 122 valence electrons. The summed E-state index contributed by atoms with van der Waals surface area (Å²) in [6.45, 7) is 1.02. The third-order valence-electron chi connectivity index (χ3n) is 3.71. The Hall–Kier alpha value is -1.93. The Morgan fingerprint density at radius 1 is 1.43 bits per heavy atom. The molecule has 1 saturated heterocycles. The molecule has 0 N–H and O–H groups in total. The van der Waals surface area contributed by atoms with Crippen molar-refractivity contribution in [2.75, 3.05) is 13.1 Å². The summed E-state index contributed by atoms with van der Waals surface area (Å²) in [4.78, 5) is 25.9. The SMILES string of the molecule is O=C(OCc1nnsc1Cl)C1CCN(C(=O)c2ccco2)CC1. The van der Waals surface area contributed by atoms with Crippen LogP contribution >= 0.6 is 23.1 Å². The van der Waals surface area contributed by atoms with Gasteiger partial charge < -0.3 is 14.1 Å². The molecule has 9 heteroatoms. The van der Waals surface area contributed by atoms with Gasteiger partial charge in [-0.3, -0.25) is 9.59 Å². The lowest BCUT2D eigenvalue weighted by Gasteiger charge is -2.30. The number of aromatic nitrogens is 2. The number of carbonyl (C=O) groups excluding carboxylic acids is 2. The van der Waals surface area contributed by atoms with Crippen molar-refractivity contribution in [1.82, 2.24) is 14.5 Å². The molecule has 0 aromatic carbocycles. The summed E-state index contributed by atoms with van der Waals surface area (Å²) >= 11 is 6.91. The van der Waals surface area contributed by atoms with Gasteiger partial charge in [0.1, 0.15) is 16.6 Å². The molecule has 1 amide bonds. The van der Waals surface area contributed by atoms with Gasteiger partial charge >= 0.3 is 5.97 Å². The van der Waals surface area contributed by atoms with Crippen LogP contribution in [-0.4, -0.2) is 39.5 Å². The van der Waals surface area contributed by atoms with Crippen molar-refractivity contribution in [1.29, 1.82) is 0 Å². The minimum atomic E-state index is -0.292. The second-order valence-electron chi connectivity index (χ2n) is 5.14. The highest BCUT2D eigenvalue weighted by Crippen LogP contribution is 2.22. The van der Waals surface area contributed by atoms with Crippen LogP contribution in [0.4, 0.5) is 0 Å². The lowest BCUT2D eigenvalue weighted by atomic mass is 9.97. The lowest BCUT2D eigenvalue weighted by molar-refractivity contribution is -0.151. The van der Waals surface area contributed by atoms with Crippen LogP contribution in [0.15, 0.2) is 22.8 Å². The molecule has 0 atom stereocenters. The molecule has 2 aromatic rings. The third kappa shape index (κ3) is 3.70. The predicted octanol–water partition coefficient (Wildman–Crippen LogP) is 2.38. The molecule has 23 heavy (non-hydrogen) atoms. The third-order valence-corrected chi connectivity index (χ3v) is 4.69. The smallest absolute Gasteiger partial charge is 0.309 e. The summed E-state index contributed by atoms with van der Waals surface area (Å²) in [6.07, 6.45) is 2.60. The molecule has 0 saturated carbocycles. The summed E-state index contributed by atoms with van der Waals surface area (Å²) in [5, 5.41) is 3.79. The van der Waals surface area contributed by atoms with Crippen molar-refractivity contribution in [2.45, 2.75) is 19.4 Å². The quantitative estimate of drug-likeness (QED) is 0.783. The highest BCUT2D eigenvalue weighted by Gasteiger charge is 2.29. The highest BCUT2D eigenvalue weighted by atomic mass is 35.5. The van der Waals surface area contributed by atoms with Gasteiger partial charge in [0.05, 0.1) is 12.2 Å². The molecule has 1 fully saturated rings. The van der Waals surface area contributed by atoms with Crippen LogP contribution < -0.4 is 0 Å². The Morgan fingerprint density at radius 2 is 2.22 bits per heavy atom. The van der Waals surface area contributed by atoms with E-state index < -0.39 is 0 Å². The number of likely N-dealkylation sites (tertiary alicyclic amines) is 1. The first kappa shape index (κ1) is 15.9. The van der Waals surface area contributed by atoms with Gasteiger partial charge in [0, 0.05) is 24.6 Å². The average molecular weight is 356 g/mol. The largest absolute Gasteiger partial charge is 0.459 e. The molecular formula is C14H14ClN3O4S. The van der Waals surface area contributed by atoms with E-state index in [2.05, 4.69) is 9.59 Å². The molecule has 0 unspecified atom stereocenters. The van der Waals surface area contributed by atoms with Gasteiger partial charge in [0.2, 0.25) is 0 Å². The first-order valence-electron chi connectivity index (χ1n) is 7.11. The number of carbonyl (C=O) groups is 2. The highest BCUT2D eigenvalue weighted by molar-refractivity contribution is 7.10. The van der Waals surface area contributed by atoms with Crippen molar-refractivity contribution in [3.05, 3.63) is 34.2 Å². The molecule has 1 aliphatic heterocycles. The Kier molecular flexibility index (Phi) is 4.92. The average Bonchev–Trinajstić information content (AvgIpc) is 3.24. The molecule has 3 rings (SSSR count). The standard InChI is InChI=1S/C14H14ClN3O4S/c15-12-10(16-17-23-12)8-22-14(20)9-3-5-18(6-4-9)13(19)11-2-1-7-21-11/h1-2,7,9H,3-6,8H2. The summed E-state index contributed by atoms with van der Waals surface area (Å²) in [7, 11) is 0. The molecule has 2 aromatic heterocycles. The maximum Gasteiger partial charge on any atom is 0.309 e. The van der Waals surface area contributed by atoms with Gasteiger partial charge in [0.25, 0.3) is 5.91 Å². The molecule has 1 aliphatic rings. The van der Waals surface area contributed by atoms with Crippen molar-refractivity contribution >= 4 is 35.0 Å². The van der Waals surface area contributed by atoms with Crippen LogP contribution in [0.1, 0.15) is 29.1 Å².